The van der Waals surface area contributed by atoms with Crippen molar-refractivity contribution in [3.8, 4) is 0 Å². The van der Waals surface area contributed by atoms with E-state index in [1.165, 1.54) is 11.1 Å². The molecule has 0 radical (unpaired) electrons. The first-order valence-corrected chi connectivity index (χ1v) is 9.54. The average Bonchev–Trinajstić information content (AvgIpc) is 2.65. The SMILES string of the molecule is Cc1ccccc1CN1CCC(NC(=O)C(N)C2CCOCC2)CC1.Cl.Cl. The van der Waals surface area contributed by atoms with E-state index in [0.29, 0.717) is 0 Å². The summed E-state index contributed by atoms with van der Waals surface area (Å²) >= 11 is 0. The van der Waals surface area contributed by atoms with Crippen LogP contribution in [0.1, 0.15) is 36.8 Å². The van der Waals surface area contributed by atoms with Crippen LogP contribution in [0, 0.1) is 12.8 Å². The van der Waals surface area contributed by atoms with E-state index in [9.17, 15) is 4.79 Å². The number of hydrogen-bond acceptors (Lipinski definition) is 4. The molecule has 0 aliphatic carbocycles. The molecule has 0 spiro atoms. The van der Waals surface area contributed by atoms with Gasteiger partial charge >= 0.3 is 0 Å². The lowest BCUT2D eigenvalue weighted by Gasteiger charge is -2.34. The standard InChI is InChI=1S/C20H31N3O2.2ClH/c1-15-4-2-3-5-17(15)14-23-10-6-18(7-11-23)22-20(24)19(21)16-8-12-25-13-9-16;;/h2-5,16,18-19H,6-14,21H2,1H3,(H,22,24);2*1H. The molecule has 154 valence electrons. The number of piperidine rings is 1. The molecule has 2 aliphatic heterocycles. The number of likely N-dealkylation sites (tertiary alicyclic amines) is 1. The number of nitrogens with zero attached hydrogens (tertiary/aromatic N) is 1. The second-order valence-corrected chi connectivity index (χ2v) is 7.46. The summed E-state index contributed by atoms with van der Waals surface area (Å²) in [6, 6.07) is 8.42. The van der Waals surface area contributed by atoms with Gasteiger partial charge < -0.3 is 15.8 Å². The first-order chi connectivity index (χ1) is 12.1. The molecule has 1 amide bonds. The van der Waals surface area contributed by atoms with Gasteiger partial charge in [-0.3, -0.25) is 9.69 Å². The summed E-state index contributed by atoms with van der Waals surface area (Å²) in [6.45, 7) is 6.65. The zero-order valence-electron chi connectivity index (χ0n) is 16.1. The molecule has 2 aliphatic rings. The number of rotatable bonds is 5. The number of hydrogen-bond donors (Lipinski definition) is 2. The minimum atomic E-state index is -0.395. The predicted octanol–water partition coefficient (Wildman–Crippen LogP) is 2.67. The minimum absolute atomic E-state index is 0. The summed E-state index contributed by atoms with van der Waals surface area (Å²) in [7, 11) is 0. The van der Waals surface area contributed by atoms with Crippen LogP contribution in [0.2, 0.25) is 0 Å². The summed E-state index contributed by atoms with van der Waals surface area (Å²) in [5, 5.41) is 3.18. The van der Waals surface area contributed by atoms with Gasteiger partial charge in [0.15, 0.2) is 0 Å². The number of aryl methyl sites for hydroxylation is 1. The van der Waals surface area contributed by atoms with Gasteiger partial charge in [-0.15, -0.1) is 24.8 Å². The fraction of sp³-hybridized carbons (Fsp3) is 0.650. The maximum absolute atomic E-state index is 12.4. The van der Waals surface area contributed by atoms with E-state index in [2.05, 4.69) is 41.4 Å². The lowest BCUT2D eigenvalue weighted by Crippen LogP contribution is -2.52. The summed E-state index contributed by atoms with van der Waals surface area (Å²) < 4.78 is 5.36. The van der Waals surface area contributed by atoms with Crippen molar-refractivity contribution in [2.75, 3.05) is 26.3 Å². The molecule has 1 aromatic rings. The Balaban J connectivity index is 0.00000182. The van der Waals surface area contributed by atoms with Crippen LogP contribution in [-0.4, -0.2) is 49.2 Å². The Hall–Kier alpha value is -0.850. The molecule has 7 heteroatoms. The van der Waals surface area contributed by atoms with Crippen molar-refractivity contribution in [1.82, 2.24) is 10.2 Å². The zero-order valence-corrected chi connectivity index (χ0v) is 17.7. The van der Waals surface area contributed by atoms with Crippen molar-refractivity contribution in [2.45, 2.75) is 51.2 Å². The van der Waals surface area contributed by atoms with Crippen LogP contribution >= 0.6 is 24.8 Å². The van der Waals surface area contributed by atoms with Crippen molar-refractivity contribution in [3.05, 3.63) is 35.4 Å². The van der Waals surface area contributed by atoms with Crippen molar-refractivity contribution in [1.29, 1.82) is 0 Å². The highest BCUT2D eigenvalue weighted by Crippen LogP contribution is 2.19. The maximum atomic E-state index is 12.4. The highest BCUT2D eigenvalue weighted by molar-refractivity contribution is 5.85. The molecule has 3 N–H and O–H groups in total. The fourth-order valence-electron chi connectivity index (χ4n) is 3.85. The Morgan fingerprint density at radius 2 is 1.81 bits per heavy atom. The largest absolute Gasteiger partial charge is 0.381 e. The molecule has 2 saturated heterocycles. The van der Waals surface area contributed by atoms with Crippen LogP contribution in [0.4, 0.5) is 0 Å². The lowest BCUT2D eigenvalue weighted by atomic mass is 9.91. The van der Waals surface area contributed by atoms with Crippen LogP contribution in [-0.2, 0) is 16.1 Å². The number of nitrogens with two attached hydrogens (primary N) is 1. The van der Waals surface area contributed by atoms with Crippen LogP contribution < -0.4 is 11.1 Å². The Morgan fingerprint density at radius 3 is 2.44 bits per heavy atom. The van der Waals surface area contributed by atoms with E-state index >= 15 is 0 Å². The number of amides is 1. The Morgan fingerprint density at radius 1 is 1.19 bits per heavy atom. The quantitative estimate of drug-likeness (QED) is 0.772. The number of ether oxygens (including phenoxy) is 1. The maximum Gasteiger partial charge on any atom is 0.237 e. The third kappa shape index (κ3) is 6.91. The number of carbonyl (C=O) groups is 1. The fourth-order valence-corrected chi connectivity index (χ4v) is 3.85. The molecule has 3 rings (SSSR count). The van der Waals surface area contributed by atoms with Crippen LogP contribution in [0.25, 0.3) is 0 Å². The second-order valence-electron chi connectivity index (χ2n) is 7.46. The van der Waals surface area contributed by atoms with Crippen molar-refractivity contribution in [3.63, 3.8) is 0 Å². The molecular formula is C20H33Cl2N3O2. The average molecular weight is 418 g/mol. The summed E-state index contributed by atoms with van der Waals surface area (Å²) in [5.41, 5.74) is 8.92. The van der Waals surface area contributed by atoms with Gasteiger partial charge in [0.25, 0.3) is 0 Å². The molecule has 27 heavy (non-hydrogen) atoms. The topological polar surface area (TPSA) is 67.6 Å². The Bertz CT molecular complexity index is 574. The number of nitrogens with one attached hydrogen (secondary N) is 1. The van der Waals surface area contributed by atoms with Gasteiger partial charge in [0, 0.05) is 38.9 Å². The third-order valence-electron chi connectivity index (χ3n) is 5.67. The van der Waals surface area contributed by atoms with Gasteiger partial charge in [-0.1, -0.05) is 24.3 Å². The molecule has 1 aromatic carbocycles. The molecular weight excluding hydrogens is 385 g/mol. The summed E-state index contributed by atoms with van der Waals surface area (Å²) in [6.07, 6.45) is 3.78. The van der Waals surface area contributed by atoms with Crippen LogP contribution in [0.3, 0.4) is 0 Å². The summed E-state index contributed by atoms with van der Waals surface area (Å²) in [4.78, 5) is 14.9. The van der Waals surface area contributed by atoms with E-state index in [1.54, 1.807) is 0 Å². The van der Waals surface area contributed by atoms with E-state index in [1.807, 2.05) is 0 Å². The highest BCUT2D eigenvalue weighted by atomic mass is 35.5. The second kappa shape index (κ2) is 11.9. The van der Waals surface area contributed by atoms with Crippen molar-refractivity contribution >= 4 is 30.7 Å². The van der Waals surface area contributed by atoms with E-state index in [0.717, 1.165) is 58.5 Å². The van der Waals surface area contributed by atoms with Gasteiger partial charge in [0.05, 0.1) is 6.04 Å². The van der Waals surface area contributed by atoms with Gasteiger partial charge in [-0.2, -0.15) is 0 Å². The van der Waals surface area contributed by atoms with Gasteiger partial charge in [-0.05, 0) is 49.7 Å². The number of halogens is 2. The van der Waals surface area contributed by atoms with Crippen LogP contribution in [0.5, 0.6) is 0 Å². The molecule has 1 unspecified atom stereocenters. The normalized spacial score (nSPS) is 20.2. The van der Waals surface area contributed by atoms with E-state index in [4.69, 9.17) is 10.5 Å². The molecule has 2 heterocycles. The third-order valence-corrected chi connectivity index (χ3v) is 5.67. The first-order valence-electron chi connectivity index (χ1n) is 9.54. The number of carbonyl (C=O) groups excluding carboxylic acids is 1. The zero-order chi connectivity index (χ0) is 17.6. The smallest absolute Gasteiger partial charge is 0.237 e. The summed E-state index contributed by atoms with van der Waals surface area (Å²) in [5.74, 6) is 0.277. The van der Waals surface area contributed by atoms with Crippen LogP contribution in [0.15, 0.2) is 24.3 Å². The Labute approximate surface area is 175 Å². The monoisotopic (exact) mass is 417 g/mol. The van der Waals surface area contributed by atoms with E-state index in [-0.39, 0.29) is 42.7 Å². The van der Waals surface area contributed by atoms with E-state index < -0.39 is 6.04 Å². The van der Waals surface area contributed by atoms with Gasteiger partial charge in [0.1, 0.15) is 0 Å². The molecule has 5 nitrogen and oxygen atoms in total. The molecule has 2 fully saturated rings. The lowest BCUT2D eigenvalue weighted by molar-refractivity contribution is -0.125. The Kier molecular flexibility index (Phi) is 10.6. The molecule has 1 atom stereocenters. The minimum Gasteiger partial charge on any atom is -0.381 e. The first kappa shape index (κ1) is 24.2. The van der Waals surface area contributed by atoms with Gasteiger partial charge in [-0.25, -0.2) is 0 Å². The molecule has 0 saturated carbocycles. The molecule has 0 bridgehead atoms. The van der Waals surface area contributed by atoms with Crippen molar-refractivity contribution in [2.24, 2.45) is 11.7 Å². The predicted molar refractivity (Wildman–Crippen MR) is 114 cm³/mol. The van der Waals surface area contributed by atoms with Crippen molar-refractivity contribution < 1.29 is 9.53 Å². The molecule has 0 aromatic heterocycles. The highest BCUT2D eigenvalue weighted by Gasteiger charge is 2.29. The number of benzene rings is 1. The van der Waals surface area contributed by atoms with Gasteiger partial charge in [0.2, 0.25) is 5.91 Å².